The Kier molecular flexibility index (Phi) is 7.13. The number of nitrogens with one attached hydrogen (secondary N) is 1. The fraction of sp³-hybridized carbons (Fsp3) is 0.0769. The Hall–Kier alpha value is -3.54. The van der Waals surface area contributed by atoms with Crippen LogP contribution in [0.5, 0.6) is 11.5 Å². The first-order chi connectivity index (χ1) is 16.0. The number of amides is 1. The van der Waals surface area contributed by atoms with E-state index in [2.05, 4.69) is 10.5 Å². The molecule has 0 bridgehead atoms. The highest BCUT2D eigenvalue weighted by Crippen LogP contribution is 2.30. The smallest absolute Gasteiger partial charge is 0.271 e. The molecule has 0 atom stereocenters. The van der Waals surface area contributed by atoms with E-state index in [1.807, 2.05) is 48.5 Å². The lowest BCUT2D eigenvalue weighted by Gasteiger charge is -2.12. The fourth-order valence-electron chi connectivity index (χ4n) is 3.24. The fourth-order valence-corrected chi connectivity index (χ4v) is 3.70. The molecule has 1 amide bonds. The van der Waals surface area contributed by atoms with E-state index in [0.29, 0.717) is 27.1 Å². The molecule has 0 aliphatic heterocycles. The van der Waals surface area contributed by atoms with Gasteiger partial charge in [0.1, 0.15) is 6.61 Å². The van der Waals surface area contributed by atoms with Crippen LogP contribution in [-0.2, 0) is 6.61 Å². The van der Waals surface area contributed by atoms with Crippen LogP contribution < -0.4 is 14.9 Å². The first kappa shape index (κ1) is 22.6. The molecule has 166 valence electrons. The van der Waals surface area contributed by atoms with Crippen molar-refractivity contribution in [2.45, 2.75) is 6.61 Å². The molecule has 1 N–H and O–H groups in total. The number of ether oxygens (including phenoxy) is 2. The summed E-state index contributed by atoms with van der Waals surface area (Å²) in [4.78, 5) is 12.5. The molecule has 33 heavy (non-hydrogen) atoms. The van der Waals surface area contributed by atoms with E-state index in [4.69, 9.17) is 32.7 Å². The van der Waals surface area contributed by atoms with Gasteiger partial charge in [-0.15, -0.1) is 0 Å². The number of rotatable bonds is 7. The van der Waals surface area contributed by atoms with E-state index in [1.165, 1.54) is 0 Å². The van der Waals surface area contributed by atoms with Crippen LogP contribution in [0.4, 0.5) is 0 Å². The van der Waals surface area contributed by atoms with Crippen molar-refractivity contribution in [3.8, 4) is 11.5 Å². The number of fused-ring (bicyclic) bond motifs is 1. The number of carbonyl (C=O) groups excluding carboxylic acids is 1. The molecule has 0 heterocycles. The molecule has 0 aromatic heterocycles. The van der Waals surface area contributed by atoms with Crippen molar-refractivity contribution in [2.75, 3.05) is 7.11 Å². The van der Waals surface area contributed by atoms with Crippen LogP contribution in [0, 0.1) is 0 Å². The lowest BCUT2D eigenvalue weighted by molar-refractivity contribution is 0.0955. The van der Waals surface area contributed by atoms with Crippen LogP contribution in [0.1, 0.15) is 21.5 Å². The Bertz CT molecular complexity index is 1340. The number of hydrogen-bond donors (Lipinski definition) is 1. The Balaban J connectivity index is 1.44. The highest BCUT2D eigenvalue weighted by molar-refractivity contribution is 6.35. The van der Waals surface area contributed by atoms with E-state index in [9.17, 15) is 4.79 Å². The number of carbonyl (C=O) groups is 1. The van der Waals surface area contributed by atoms with Crippen molar-refractivity contribution >= 4 is 46.1 Å². The number of hydrogen-bond acceptors (Lipinski definition) is 4. The molecular weight excluding hydrogens is 459 g/mol. The maximum atomic E-state index is 12.5. The SMILES string of the molecule is COc1ccc(/C=N\NC(=O)c2ccc3ccccc3c2)cc1OCc1ccc(Cl)cc1Cl. The van der Waals surface area contributed by atoms with Gasteiger partial charge in [-0.2, -0.15) is 5.10 Å². The second kappa shape index (κ2) is 10.4. The highest BCUT2D eigenvalue weighted by Gasteiger charge is 2.09. The summed E-state index contributed by atoms with van der Waals surface area (Å²) in [5, 5.41) is 7.23. The van der Waals surface area contributed by atoms with Crippen molar-refractivity contribution in [2.24, 2.45) is 5.10 Å². The summed E-state index contributed by atoms with van der Waals surface area (Å²) < 4.78 is 11.3. The van der Waals surface area contributed by atoms with E-state index < -0.39 is 0 Å². The van der Waals surface area contributed by atoms with E-state index >= 15 is 0 Å². The van der Waals surface area contributed by atoms with Gasteiger partial charge < -0.3 is 9.47 Å². The standard InChI is InChI=1S/C26H20Cl2N2O3/c1-32-24-11-6-17(12-25(24)33-16-21-9-10-22(27)14-23(21)28)15-29-30-26(31)20-8-7-18-4-2-3-5-19(18)13-20/h2-15H,16H2,1H3,(H,30,31)/b29-15-. The summed E-state index contributed by atoms with van der Waals surface area (Å²) in [7, 11) is 1.56. The lowest BCUT2D eigenvalue weighted by atomic mass is 10.1. The Morgan fingerprint density at radius 2 is 1.76 bits per heavy atom. The molecule has 0 spiro atoms. The van der Waals surface area contributed by atoms with Crippen molar-refractivity contribution in [1.29, 1.82) is 0 Å². The molecule has 0 unspecified atom stereocenters. The molecule has 0 saturated carbocycles. The van der Waals surface area contributed by atoms with Crippen molar-refractivity contribution in [3.63, 3.8) is 0 Å². The molecule has 0 aliphatic carbocycles. The zero-order chi connectivity index (χ0) is 23.2. The molecule has 0 fully saturated rings. The maximum absolute atomic E-state index is 12.5. The second-order valence-corrected chi connectivity index (χ2v) is 8.04. The molecule has 0 radical (unpaired) electrons. The highest BCUT2D eigenvalue weighted by atomic mass is 35.5. The van der Waals surface area contributed by atoms with Gasteiger partial charge in [-0.3, -0.25) is 4.79 Å². The van der Waals surface area contributed by atoms with Crippen molar-refractivity contribution in [1.82, 2.24) is 5.43 Å². The van der Waals surface area contributed by atoms with E-state index in [-0.39, 0.29) is 12.5 Å². The van der Waals surface area contributed by atoms with E-state index in [0.717, 1.165) is 21.9 Å². The number of benzene rings is 4. The average molecular weight is 479 g/mol. The zero-order valence-electron chi connectivity index (χ0n) is 17.7. The van der Waals surface area contributed by atoms with Gasteiger partial charge >= 0.3 is 0 Å². The van der Waals surface area contributed by atoms with Crippen LogP contribution in [-0.4, -0.2) is 19.2 Å². The normalized spacial score (nSPS) is 11.0. The third-order valence-corrected chi connectivity index (χ3v) is 5.56. The third kappa shape index (κ3) is 5.64. The van der Waals surface area contributed by atoms with Gasteiger partial charge in [0.15, 0.2) is 11.5 Å². The number of halogens is 2. The average Bonchev–Trinajstić information content (AvgIpc) is 2.83. The predicted octanol–water partition coefficient (Wildman–Crippen LogP) is 6.50. The van der Waals surface area contributed by atoms with Gasteiger partial charge in [0.25, 0.3) is 5.91 Å². The minimum atomic E-state index is -0.292. The molecular formula is C26H20Cl2N2O3. The lowest BCUT2D eigenvalue weighted by Crippen LogP contribution is -2.17. The van der Waals surface area contributed by atoms with Gasteiger partial charge in [0, 0.05) is 21.2 Å². The summed E-state index contributed by atoms with van der Waals surface area (Å²) in [6.45, 7) is 0.242. The summed E-state index contributed by atoms with van der Waals surface area (Å²) in [6, 6.07) is 24.0. The number of methoxy groups -OCH3 is 1. The van der Waals surface area contributed by atoms with Crippen LogP contribution in [0.15, 0.2) is 84.0 Å². The molecule has 0 saturated heterocycles. The monoisotopic (exact) mass is 478 g/mol. The minimum absolute atomic E-state index is 0.242. The van der Waals surface area contributed by atoms with Gasteiger partial charge in [-0.05, 0) is 58.8 Å². The third-order valence-electron chi connectivity index (χ3n) is 4.98. The first-order valence-electron chi connectivity index (χ1n) is 10.1. The van der Waals surface area contributed by atoms with Crippen molar-refractivity contribution in [3.05, 3.63) is 106 Å². The maximum Gasteiger partial charge on any atom is 0.271 e. The Morgan fingerprint density at radius 3 is 2.55 bits per heavy atom. The number of hydrazone groups is 1. The van der Waals surface area contributed by atoms with Gasteiger partial charge in [0.05, 0.1) is 13.3 Å². The second-order valence-electron chi connectivity index (χ2n) is 7.20. The van der Waals surface area contributed by atoms with Crippen LogP contribution >= 0.6 is 23.2 Å². The van der Waals surface area contributed by atoms with Gasteiger partial charge in [0.2, 0.25) is 0 Å². The van der Waals surface area contributed by atoms with Crippen LogP contribution in [0.3, 0.4) is 0 Å². The first-order valence-corrected chi connectivity index (χ1v) is 10.9. The molecule has 4 aromatic carbocycles. The zero-order valence-corrected chi connectivity index (χ0v) is 19.2. The van der Waals surface area contributed by atoms with Crippen LogP contribution in [0.2, 0.25) is 10.0 Å². The van der Waals surface area contributed by atoms with Crippen molar-refractivity contribution < 1.29 is 14.3 Å². The molecule has 4 rings (SSSR count). The van der Waals surface area contributed by atoms with E-state index in [1.54, 1.807) is 43.7 Å². The summed E-state index contributed by atoms with van der Waals surface area (Å²) in [6.07, 6.45) is 1.54. The minimum Gasteiger partial charge on any atom is -0.493 e. The van der Waals surface area contributed by atoms with Gasteiger partial charge in [-0.1, -0.05) is 59.6 Å². The Morgan fingerprint density at radius 1 is 0.939 bits per heavy atom. The summed E-state index contributed by atoms with van der Waals surface area (Å²) in [5.74, 6) is 0.796. The molecule has 7 heteroatoms. The Labute approximate surface area is 201 Å². The van der Waals surface area contributed by atoms with Gasteiger partial charge in [-0.25, -0.2) is 5.43 Å². The number of nitrogens with zero attached hydrogens (tertiary/aromatic N) is 1. The predicted molar refractivity (Wildman–Crippen MR) is 133 cm³/mol. The molecule has 4 aromatic rings. The molecule has 5 nitrogen and oxygen atoms in total. The summed E-state index contributed by atoms with van der Waals surface area (Å²) >= 11 is 12.2. The topological polar surface area (TPSA) is 59.9 Å². The quantitative estimate of drug-likeness (QED) is 0.243. The molecule has 0 aliphatic rings. The van der Waals surface area contributed by atoms with Crippen LogP contribution in [0.25, 0.3) is 10.8 Å². The summed E-state index contributed by atoms with van der Waals surface area (Å²) in [5.41, 5.74) is 4.62. The largest absolute Gasteiger partial charge is 0.493 e.